The molecule has 2 heterocycles. The van der Waals surface area contributed by atoms with Gasteiger partial charge in [0.2, 0.25) is 16.3 Å². The van der Waals surface area contributed by atoms with Gasteiger partial charge in [-0.1, -0.05) is 42.5 Å². The van der Waals surface area contributed by atoms with E-state index in [0.717, 1.165) is 34.2 Å². The Kier molecular flexibility index (Phi) is 10.8. The first-order chi connectivity index (χ1) is 25.8. The summed E-state index contributed by atoms with van der Waals surface area (Å²) in [6.07, 6.45) is 4.78. The van der Waals surface area contributed by atoms with Crippen molar-refractivity contribution in [3.05, 3.63) is 125 Å². The van der Waals surface area contributed by atoms with Gasteiger partial charge in [0.25, 0.3) is 5.91 Å². The zero-order valence-corrected chi connectivity index (χ0v) is 30.5. The lowest BCUT2D eigenvalue weighted by Crippen LogP contribution is -2.38. The maximum absolute atomic E-state index is 13.7. The third-order valence-electron chi connectivity index (χ3n) is 9.91. The molecule has 12 heteroatoms. The molecule has 11 nitrogen and oxygen atoms in total. The summed E-state index contributed by atoms with van der Waals surface area (Å²) in [6.45, 7) is -0.160. The number of aromatic nitrogens is 1. The van der Waals surface area contributed by atoms with Crippen LogP contribution in [-0.2, 0) is 37.1 Å². The smallest absolute Gasteiger partial charge is 0.286 e. The number of ether oxygens (including phenoxy) is 4. The summed E-state index contributed by atoms with van der Waals surface area (Å²) in [5, 5.41) is 13.8. The van der Waals surface area contributed by atoms with Crippen LogP contribution in [0.5, 0.6) is 11.5 Å². The van der Waals surface area contributed by atoms with Gasteiger partial charge in [0.15, 0.2) is 5.76 Å². The fourth-order valence-corrected chi connectivity index (χ4v) is 8.62. The lowest BCUT2D eigenvalue weighted by atomic mass is 9.87. The fraction of sp³-hybridized carbons (Fsp3) is 0.293. The number of nitrogens with zero attached hydrogens (tertiary/aromatic N) is 1. The number of aromatic amines is 1. The second kappa shape index (κ2) is 15.8. The maximum atomic E-state index is 13.7. The van der Waals surface area contributed by atoms with Crippen molar-refractivity contribution in [3.8, 4) is 22.6 Å². The third-order valence-corrected chi connectivity index (χ3v) is 11.8. The summed E-state index contributed by atoms with van der Waals surface area (Å²) >= 11 is 0. The van der Waals surface area contributed by atoms with Crippen molar-refractivity contribution in [2.45, 2.75) is 36.4 Å². The van der Waals surface area contributed by atoms with E-state index in [1.807, 2.05) is 48.7 Å². The quantitative estimate of drug-likeness (QED) is 0.125. The minimum Gasteiger partial charge on any atom is -0.497 e. The number of aliphatic hydroxyl groups is 1. The molecule has 0 saturated heterocycles. The minimum absolute atomic E-state index is 0.0238. The number of carbonyl (C=O) groups excluding carboxylic acids is 1. The van der Waals surface area contributed by atoms with Crippen molar-refractivity contribution in [1.82, 2.24) is 14.6 Å². The highest BCUT2D eigenvalue weighted by molar-refractivity contribution is 7.89. The molecular formula is C41H43N3O8S. The van der Waals surface area contributed by atoms with Crippen LogP contribution in [0.25, 0.3) is 22.0 Å². The molecule has 2 atom stereocenters. The molecule has 0 fully saturated rings. The summed E-state index contributed by atoms with van der Waals surface area (Å²) < 4.78 is 51.1. The number of aliphatic hydroxyl groups excluding tert-OH is 1. The van der Waals surface area contributed by atoms with Gasteiger partial charge in [-0.2, -0.15) is 4.31 Å². The summed E-state index contributed by atoms with van der Waals surface area (Å²) in [4.78, 5) is 17.1. The molecule has 3 N–H and O–H groups in total. The predicted molar refractivity (Wildman–Crippen MR) is 201 cm³/mol. The highest BCUT2D eigenvalue weighted by Crippen LogP contribution is 2.43. The molecule has 5 aromatic rings. The normalized spacial score (nSPS) is 16.5. The van der Waals surface area contributed by atoms with Gasteiger partial charge in [-0.25, -0.2) is 8.42 Å². The second-order valence-corrected chi connectivity index (χ2v) is 15.0. The number of amides is 1. The number of rotatable bonds is 15. The van der Waals surface area contributed by atoms with E-state index in [4.69, 9.17) is 18.9 Å². The van der Waals surface area contributed by atoms with E-state index in [9.17, 15) is 18.3 Å². The number of carbonyl (C=O) groups is 1. The van der Waals surface area contributed by atoms with Crippen molar-refractivity contribution in [2.24, 2.45) is 0 Å². The van der Waals surface area contributed by atoms with E-state index in [-0.39, 0.29) is 48.8 Å². The Hall–Kier alpha value is -5.14. The Morgan fingerprint density at radius 3 is 2.53 bits per heavy atom. The van der Waals surface area contributed by atoms with Crippen LogP contribution >= 0.6 is 0 Å². The molecular weight excluding hydrogens is 695 g/mol. The number of allylic oxidation sites excluding steroid dienone is 1. The number of methoxy groups -OCH3 is 2. The van der Waals surface area contributed by atoms with Gasteiger partial charge in [-0.05, 0) is 94.8 Å². The SMILES string of the molecule is COc1ccc(S(=O)(=O)N(CCO)CCO[C@@H]2C[C@H](c3cccc4c3Cc3ccccc3-4)C=C(C(=O)NCCc3c[nH]c4ccc(OC)cc34)O2)cc1. The molecule has 0 saturated carbocycles. The van der Waals surface area contributed by atoms with Crippen molar-refractivity contribution in [1.29, 1.82) is 0 Å². The number of hydrogen-bond donors (Lipinski definition) is 3. The molecule has 0 radical (unpaired) electrons. The summed E-state index contributed by atoms with van der Waals surface area (Å²) in [7, 11) is -0.796. The number of benzene rings is 4. The predicted octanol–water partition coefficient (Wildman–Crippen LogP) is 5.53. The first kappa shape index (κ1) is 36.2. The van der Waals surface area contributed by atoms with Crippen LogP contribution in [0.1, 0.15) is 34.6 Å². The van der Waals surface area contributed by atoms with Crippen molar-refractivity contribution in [3.63, 3.8) is 0 Å². The minimum atomic E-state index is -3.94. The summed E-state index contributed by atoms with van der Waals surface area (Å²) in [6, 6.07) is 26.6. The fourth-order valence-electron chi connectivity index (χ4n) is 7.20. The Labute approximate surface area is 309 Å². The van der Waals surface area contributed by atoms with Crippen LogP contribution in [-0.4, -0.2) is 82.1 Å². The Morgan fingerprint density at radius 2 is 1.74 bits per heavy atom. The van der Waals surface area contributed by atoms with Gasteiger partial charge in [0.1, 0.15) is 11.5 Å². The van der Waals surface area contributed by atoms with Crippen molar-refractivity contribution in [2.75, 3.05) is 47.1 Å². The van der Waals surface area contributed by atoms with E-state index >= 15 is 0 Å². The molecule has 0 bridgehead atoms. The average molecular weight is 738 g/mol. The third kappa shape index (κ3) is 7.67. The van der Waals surface area contributed by atoms with Crippen LogP contribution in [0.2, 0.25) is 0 Å². The Balaban J connectivity index is 1.08. The first-order valence-electron chi connectivity index (χ1n) is 17.7. The van der Waals surface area contributed by atoms with Gasteiger partial charge in [0, 0.05) is 49.1 Å². The van der Waals surface area contributed by atoms with Gasteiger partial charge in [-0.3, -0.25) is 4.79 Å². The van der Waals surface area contributed by atoms with Crippen LogP contribution in [0.15, 0.2) is 108 Å². The molecule has 1 aliphatic heterocycles. The Morgan fingerprint density at radius 1 is 0.962 bits per heavy atom. The number of H-pyrrole nitrogens is 1. The van der Waals surface area contributed by atoms with Crippen molar-refractivity contribution < 1.29 is 37.3 Å². The number of nitrogens with one attached hydrogen (secondary N) is 2. The molecule has 7 rings (SSSR count). The molecule has 53 heavy (non-hydrogen) atoms. The molecule has 1 amide bonds. The van der Waals surface area contributed by atoms with Crippen LogP contribution < -0.4 is 14.8 Å². The largest absolute Gasteiger partial charge is 0.497 e. The highest BCUT2D eigenvalue weighted by atomic mass is 32.2. The zero-order chi connectivity index (χ0) is 37.0. The van der Waals surface area contributed by atoms with E-state index in [1.54, 1.807) is 19.2 Å². The van der Waals surface area contributed by atoms with E-state index < -0.39 is 16.3 Å². The van der Waals surface area contributed by atoms with E-state index in [2.05, 4.69) is 34.6 Å². The summed E-state index contributed by atoms with van der Waals surface area (Å²) in [5.41, 5.74) is 7.99. The zero-order valence-electron chi connectivity index (χ0n) is 29.7. The van der Waals surface area contributed by atoms with Crippen LogP contribution in [0.4, 0.5) is 0 Å². The molecule has 1 aromatic heterocycles. The van der Waals surface area contributed by atoms with Crippen LogP contribution in [0.3, 0.4) is 0 Å². The summed E-state index contributed by atoms with van der Waals surface area (Å²) in [5.74, 6) is 0.882. The highest BCUT2D eigenvalue weighted by Gasteiger charge is 2.32. The lowest BCUT2D eigenvalue weighted by Gasteiger charge is -2.31. The number of fused-ring (bicyclic) bond motifs is 4. The van der Waals surface area contributed by atoms with Gasteiger partial charge < -0.3 is 34.4 Å². The van der Waals surface area contributed by atoms with Gasteiger partial charge in [-0.15, -0.1) is 0 Å². The molecule has 0 unspecified atom stereocenters. The number of hydrogen-bond acceptors (Lipinski definition) is 8. The van der Waals surface area contributed by atoms with Crippen LogP contribution in [0, 0.1) is 0 Å². The molecule has 4 aromatic carbocycles. The maximum Gasteiger partial charge on any atom is 0.286 e. The average Bonchev–Trinajstić information content (AvgIpc) is 3.78. The lowest BCUT2D eigenvalue weighted by molar-refractivity contribution is -0.146. The van der Waals surface area contributed by atoms with Gasteiger partial charge in [0.05, 0.1) is 32.3 Å². The first-order valence-corrected chi connectivity index (χ1v) is 19.1. The topological polar surface area (TPSA) is 139 Å². The van der Waals surface area contributed by atoms with Gasteiger partial charge >= 0.3 is 0 Å². The molecule has 0 spiro atoms. The molecule has 1 aliphatic carbocycles. The standard InChI is InChI=1S/C41H43N3O8S/c1-49-30-10-13-32(14-11-30)53(47,48)44(18-20-45)19-21-51-40-24-29(34-8-5-9-35-33-7-4-3-6-27(33)22-37(34)35)23-39(52-40)41(46)42-17-16-28-26-43-38-15-12-31(50-2)25-36(28)38/h3-15,23,25-26,29,40,43,45H,16-22,24H2,1-2H3,(H,42,46)/t29-,40+/m1/s1. The second-order valence-electron chi connectivity index (χ2n) is 13.0. The Bertz CT molecular complexity index is 2230. The van der Waals surface area contributed by atoms with E-state index in [0.29, 0.717) is 25.1 Å². The van der Waals surface area contributed by atoms with E-state index in [1.165, 1.54) is 45.8 Å². The number of sulfonamides is 1. The molecule has 276 valence electrons. The molecule has 2 aliphatic rings. The monoisotopic (exact) mass is 737 g/mol. The van der Waals surface area contributed by atoms with Crippen molar-refractivity contribution >= 4 is 26.8 Å².